The van der Waals surface area contributed by atoms with Crippen molar-refractivity contribution in [1.82, 2.24) is 0 Å². The summed E-state index contributed by atoms with van der Waals surface area (Å²) in [7, 11) is 0. The van der Waals surface area contributed by atoms with Crippen LogP contribution in [-0.4, -0.2) is 6.21 Å². The van der Waals surface area contributed by atoms with Gasteiger partial charge in [-0.15, -0.1) is 0 Å². The summed E-state index contributed by atoms with van der Waals surface area (Å²) in [5.74, 6) is 0. The first-order valence-electron chi connectivity index (χ1n) is 4.59. The van der Waals surface area contributed by atoms with Crippen LogP contribution in [0.15, 0.2) is 29.4 Å². The molecule has 0 amide bonds. The second kappa shape index (κ2) is 22.5. The Kier molecular flexibility index (Phi) is 32.4. The molecule has 72 valence electrons. The van der Waals surface area contributed by atoms with E-state index in [1.807, 2.05) is 47.6 Å². The van der Waals surface area contributed by atoms with Crippen molar-refractivity contribution in [3.05, 3.63) is 24.4 Å². The topological polar surface area (TPSA) is 12.4 Å². The highest BCUT2D eigenvalue weighted by Crippen LogP contribution is 1.91. The number of rotatable bonds is 2. The molecule has 0 aliphatic rings. The second-order valence-corrected chi connectivity index (χ2v) is 1.43. The molecule has 12 heavy (non-hydrogen) atoms. The minimum atomic E-state index is 0.988. The third kappa shape index (κ3) is 22.9. The van der Waals surface area contributed by atoms with Crippen molar-refractivity contribution >= 4 is 6.21 Å². The zero-order chi connectivity index (χ0) is 10.4. The Morgan fingerprint density at radius 3 is 1.83 bits per heavy atom. The molecule has 0 atom stereocenters. The van der Waals surface area contributed by atoms with Crippen molar-refractivity contribution in [2.45, 2.75) is 41.5 Å². The van der Waals surface area contributed by atoms with Crippen LogP contribution >= 0.6 is 0 Å². The maximum Gasteiger partial charge on any atom is 0.0368 e. The fourth-order valence-electron chi connectivity index (χ4n) is 0.417. The third-order valence-electron chi connectivity index (χ3n) is 0.692. The standard InChI is InChI=1S/C7H11N.2C2H6/c1-4-6-7(3)8-5-2;2*1-2/h4-6H,1H2,2-3H3;2*1-2H3/b7-6-,8-5?;;. The summed E-state index contributed by atoms with van der Waals surface area (Å²) in [5, 5.41) is 0. The molecular weight excluding hydrogens is 146 g/mol. The lowest BCUT2D eigenvalue weighted by molar-refractivity contribution is 1.31. The van der Waals surface area contributed by atoms with Crippen LogP contribution in [0.1, 0.15) is 41.5 Å². The molecule has 0 aromatic heterocycles. The number of aliphatic imine (C=N–C) groups is 1. The summed E-state index contributed by atoms with van der Waals surface area (Å²) >= 11 is 0. The van der Waals surface area contributed by atoms with Gasteiger partial charge in [0, 0.05) is 11.9 Å². The fraction of sp³-hybridized carbons (Fsp3) is 0.545. The number of hydrogen-bond acceptors (Lipinski definition) is 1. The van der Waals surface area contributed by atoms with Crippen molar-refractivity contribution in [3.8, 4) is 0 Å². The molecule has 0 rings (SSSR count). The second-order valence-electron chi connectivity index (χ2n) is 1.43. The summed E-state index contributed by atoms with van der Waals surface area (Å²) in [5.41, 5.74) is 0.988. The zero-order valence-electron chi connectivity index (χ0n) is 9.39. The van der Waals surface area contributed by atoms with Crippen LogP contribution in [0.4, 0.5) is 0 Å². The first-order valence-corrected chi connectivity index (χ1v) is 4.59. The van der Waals surface area contributed by atoms with Gasteiger partial charge in [-0.1, -0.05) is 40.3 Å². The largest absolute Gasteiger partial charge is 0.266 e. The fourth-order valence-corrected chi connectivity index (χ4v) is 0.417. The Morgan fingerprint density at radius 2 is 1.58 bits per heavy atom. The normalized spacial score (nSPS) is 9.33. The van der Waals surface area contributed by atoms with E-state index < -0.39 is 0 Å². The minimum absolute atomic E-state index is 0.988. The Labute approximate surface area is 77.9 Å². The van der Waals surface area contributed by atoms with Crippen LogP contribution in [0.5, 0.6) is 0 Å². The first-order chi connectivity index (χ1) is 5.81. The SMILES string of the molecule is C=C/C=C(/C)N=CC.CC.CC. The van der Waals surface area contributed by atoms with E-state index in [4.69, 9.17) is 0 Å². The quantitative estimate of drug-likeness (QED) is 0.433. The molecule has 0 aromatic rings. The van der Waals surface area contributed by atoms with Gasteiger partial charge < -0.3 is 0 Å². The Balaban J connectivity index is -0.000000175. The van der Waals surface area contributed by atoms with E-state index in [1.54, 1.807) is 12.3 Å². The van der Waals surface area contributed by atoms with E-state index in [1.165, 1.54) is 0 Å². The van der Waals surface area contributed by atoms with Crippen molar-refractivity contribution in [3.63, 3.8) is 0 Å². The average Bonchev–Trinajstić information content (AvgIpc) is 2.12. The zero-order valence-corrected chi connectivity index (χ0v) is 9.39. The molecule has 0 N–H and O–H groups in total. The van der Waals surface area contributed by atoms with Gasteiger partial charge in [0.1, 0.15) is 0 Å². The highest BCUT2D eigenvalue weighted by molar-refractivity contribution is 5.55. The maximum atomic E-state index is 3.98. The molecule has 0 saturated heterocycles. The van der Waals surface area contributed by atoms with Crippen LogP contribution in [-0.2, 0) is 0 Å². The predicted molar refractivity (Wildman–Crippen MR) is 60.8 cm³/mol. The lowest BCUT2D eigenvalue weighted by atomic mass is 10.4. The molecular formula is C11H23N. The molecule has 0 spiro atoms. The summed E-state index contributed by atoms with van der Waals surface area (Å²) in [6.45, 7) is 15.4. The molecule has 0 aromatic carbocycles. The van der Waals surface area contributed by atoms with Gasteiger partial charge in [0.25, 0.3) is 0 Å². The van der Waals surface area contributed by atoms with E-state index in [2.05, 4.69) is 11.6 Å². The smallest absolute Gasteiger partial charge is 0.0368 e. The molecule has 1 nitrogen and oxygen atoms in total. The van der Waals surface area contributed by atoms with E-state index in [9.17, 15) is 0 Å². The van der Waals surface area contributed by atoms with Gasteiger partial charge in [-0.3, -0.25) is 4.99 Å². The third-order valence-corrected chi connectivity index (χ3v) is 0.692. The van der Waals surface area contributed by atoms with Crippen molar-refractivity contribution < 1.29 is 0 Å². The van der Waals surface area contributed by atoms with Crippen molar-refractivity contribution in [2.75, 3.05) is 0 Å². The van der Waals surface area contributed by atoms with Crippen LogP contribution in [0, 0.1) is 0 Å². The summed E-state index contributed by atoms with van der Waals surface area (Å²) in [4.78, 5) is 3.98. The minimum Gasteiger partial charge on any atom is -0.266 e. The van der Waals surface area contributed by atoms with E-state index >= 15 is 0 Å². The molecule has 0 saturated carbocycles. The molecule has 0 unspecified atom stereocenters. The van der Waals surface area contributed by atoms with Gasteiger partial charge in [0.15, 0.2) is 0 Å². The Morgan fingerprint density at radius 1 is 1.17 bits per heavy atom. The van der Waals surface area contributed by atoms with E-state index in [-0.39, 0.29) is 0 Å². The molecule has 0 heterocycles. The number of nitrogens with zero attached hydrogens (tertiary/aromatic N) is 1. The van der Waals surface area contributed by atoms with Gasteiger partial charge in [-0.25, -0.2) is 0 Å². The van der Waals surface area contributed by atoms with Crippen LogP contribution in [0.25, 0.3) is 0 Å². The van der Waals surface area contributed by atoms with Crippen molar-refractivity contribution in [1.29, 1.82) is 0 Å². The lowest BCUT2D eigenvalue weighted by Gasteiger charge is -1.83. The first kappa shape index (κ1) is 17.3. The highest BCUT2D eigenvalue weighted by atomic mass is 14.7. The maximum absolute atomic E-state index is 3.98. The van der Waals surface area contributed by atoms with Gasteiger partial charge in [-0.05, 0) is 19.9 Å². The molecule has 1 heteroatoms. The van der Waals surface area contributed by atoms with Gasteiger partial charge >= 0.3 is 0 Å². The van der Waals surface area contributed by atoms with Crippen molar-refractivity contribution in [2.24, 2.45) is 4.99 Å². The summed E-state index contributed by atoms with van der Waals surface area (Å²) in [6, 6.07) is 0. The molecule has 0 aliphatic heterocycles. The predicted octanol–water partition coefficient (Wildman–Crippen LogP) is 4.22. The van der Waals surface area contributed by atoms with Gasteiger partial charge in [-0.2, -0.15) is 0 Å². The van der Waals surface area contributed by atoms with Gasteiger partial charge in [0.05, 0.1) is 0 Å². The van der Waals surface area contributed by atoms with Crippen LogP contribution in [0.2, 0.25) is 0 Å². The van der Waals surface area contributed by atoms with Gasteiger partial charge in [0.2, 0.25) is 0 Å². The summed E-state index contributed by atoms with van der Waals surface area (Å²) in [6.07, 6.45) is 5.34. The molecule has 0 bridgehead atoms. The Hall–Kier alpha value is -0.850. The van der Waals surface area contributed by atoms with Crippen LogP contribution < -0.4 is 0 Å². The highest BCUT2D eigenvalue weighted by Gasteiger charge is 1.72. The summed E-state index contributed by atoms with van der Waals surface area (Å²) < 4.78 is 0. The molecule has 0 aliphatic carbocycles. The monoisotopic (exact) mass is 169 g/mol. The van der Waals surface area contributed by atoms with E-state index in [0.717, 1.165) is 5.70 Å². The Bertz CT molecular complexity index is 121. The lowest BCUT2D eigenvalue weighted by Crippen LogP contribution is -1.65. The number of hydrogen-bond donors (Lipinski definition) is 0. The number of allylic oxidation sites excluding steroid dienone is 3. The van der Waals surface area contributed by atoms with Crippen LogP contribution in [0.3, 0.4) is 0 Å². The molecule has 0 fully saturated rings. The molecule has 0 radical (unpaired) electrons. The van der Waals surface area contributed by atoms with E-state index in [0.29, 0.717) is 0 Å². The average molecular weight is 169 g/mol.